The van der Waals surface area contributed by atoms with Crippen molar-refractivity contribution >= 4 is 57.2 Å². The van der Waals surface area contributed by atoms with Gasteiger partial charge in [-0.2, -0.15) is 4.58 Å². The van der Waals surface area contributed by atoms with Gasteiger partial charge in [-0.3, -0.25) is 0 Å². The smallest absolute Gasteiger partial charge is 0.418 e. The number of hydrogen-bond acceptors (Lipinski definition) is 0. The van der Waals surface area contributed by atoms with E-state index in [0.717, 1.165) is 13.1 Å². The number of rotatable bonds is 8. The van der Waals surface area contributed by atoms with Crippen LogP contribution in [0.5, 0.6) is 0 Å². The summed E-state index contributed by atoms with van der Waals surface area (Å²) in [6.07, 6.45) is 11.7. The summed E-state index contributed by atoms with van der Waals surface area (Å²) in [6, 6.07) is 26.8. The first kappa shape index (κ1) is 27.7. The van der Waals surface area contributed by atoms with Crippen LogP contribution in [-0.2, 0) is 6.54 Å². The van der Waals surface area contributed by atoms with Crippen molar-refractivity contribution in [1.82, 2.24) is 4.57 Å². The van der Waals surface area contributed by atoms with E-state index in [0.29, 0.717) is 0 Å². The summed E-state index contributed by atoms with van der Waals surface area (Å²) in [5.74, 6) is 0. The molecule has 206 valence electrons. The van der Waals surface area contributed by atoms with Gasteiger partial charge in [-0.05, 0) is 35.4 Å². The van der Waals surface area contributed by atoms with Crippen LogP contribution < -0.4 is 5.35 Å². The molecule has 0 N–H and O–H groups in total. The lowest BCUT2D eigenvalue weighted by atomic mass is 10.0. The summed E-state index contributed by atoms with van der Waals surface area (Å²) < 4.78 is 44.0. The first-order valence-electron chi connectivity index (χ1n) is 14.0. The molecule has 0 atom stereocenters. The minimum atomic E-state index is -6.00. The zero-order chi connectivity index (χ0) is 28.3. The highest BCUT2D eigenvalue weighted by Gasteiger charge is 2.29. The first-order chi connectivity index (χ1) is 19.3. The molecular weight excluding hydrogens is 511 g/mol. The third-order valence-corrected chi connectivity index (χ3v) is 7.46. The number of allylic oxidation sites excluding steroid dienone is 2. The molecule has 0 saturated heterocycles. The molecule has 1 aliphatic rings. The Hall–Kier alpha value is -3.87. The Bertz CT molecular complexity index is 1760. The van der Waals surface area contributed by atoms with Crippen LogP contribution >= 0.6 is 0 Å². The fourth-order valence-corrected chi connectivity index (χ4v) is 5.77. The van der Waals surface area contributed by atoms with Crippen LogP contribution in [0.3, 0.4) is 0 Å². The van der Waals surface area contributed by atoms with Crippen LogP contribution in [0.4, 0.5) is 23.0 Å². The lowest BCUT2D eigenvalue weighted by Gasteiger charge is -2.05. The Balaban J connectivity index is 0.000000595. The van der Waals surface area contributed by atoms with Gasteiger partial charge in [-0.1, -0.05) is 87.4 Å². The summed E-state index contributed by atoms with van der Waals surface area (Å²) in [6.45, 7) is 6.64. The maximum atomic E-state index is 9.75. The van der Waals surface area contributed by atoms with E-state index in [4.69, 9.17) is 0 Å². The van der Waals surface area contributed by atoms with Gasteiger partial charge in [0.05, 0.1) is 10.9 Å². The summed E-state index contributed by atoms with van der Waals surface area (Å²) in [7, 11) is -6.00. The molecule has 5 aromatic rings. The van der Waals surface area contributed by atoms with Gasteiger partial charge in [0.2, 0.25) is 11.4 Å². The van der Waals surface area contributed by atoms with Crippen molar-refractivity contribution in [3.8, 4) is 0 Å². The normalized spacial score (nSPS) is 13.8. The van der Waals surface area contributed by atoms with Gasteiger partial charge in [0.25, 0.3) is 0 Å². The Morgan fingerprint density at radius 1 is 0.775 bits per heavy atom. The van der Waals surface area contributed by atoms with E-state index in [2.05, 4.69) is 114 Å². The number of aromatic nitrogens is 1. The second-order valence-corrected chi connectivity index (χ2v) is 10.2. The molecule has 4 aromatic carbocycles. The minimum Gasteiger partial charge on any atom is -0.418 e. The summed E-state index contributed by atoms with van der Waals surface area (Å²) in [4.78, 5) is 0. The maximum absolute atomic E-state index is 9.75. The minimum absolute atomic E-state index is 1.05. The van der Waals surface area contributed by atoms with E-state index in [1.807, 2.05) is 0 Å². The van der Waals surface area contributed by atoms with Crippen molar-refractivity contribution in [3.05, 3.63) is 95.9 Å². The third kappa shape index (κ3) is 5.56. The van der Waals surface area contributed by atoms with E-state index in [9.17, 15) is 17.3 Å². The lowest BCUT2D eigenvalue weighted by molar-refractivity contribution is -0.436. The summed E-state index contributed by atoms with van der Waals surface area (Å²) >= 11 is 0. The fourth-order valence-electron chi connectivity index (χ4n) is 5.77. The fraction of sp³-hybridized carbons (Fsp3) is 0.242. The van der Waals surface area contributed by atoms with Crippen molar-refractivity contribution in [2.75, 3.05) is 6.54 Å². The lowest BCUT2D eigenvalue weighted by Crippen LogP contribution is -2.16. The molecule has 2 nitrogen and oxygen atoms in total. The molecular formula is C33H33BF4N2. The molecule has 1 aromatic heterocycles. The van der Waals surface area contributed by atoms with Crippen molar-refractivity contribution in [1.29, 1.82) is 0 Å². The molecule has 0 bridgehead atoms. The number of benzene rings is 4. The SMILES string of the molecule is CCCCn1c(=CC=CC2=[N+](CCCC)c3cccc4cccc2c34)c2cccc3cccc1c32.F[B-](F)(F)F. The van der Waals surface area contributed by atoms with E-state index in [1.54, 1.807) is 0 Å². The molecule has 0 saturated carbocycles. The molecule has 1 aliphatic heterocycles. The van der Waals surface area contributed by atoms with E-state index in [-0.39, 0.29) is 0 Å². The van der Waals surface area contributed by atoms with Crippen LogP contribution in [0.15, 0.2) is 84.9 Å². The van der Waals surface area contributed by atoms with Crippen LogP contribution in [-0.4, -0.2) is 28.7 Å². The van der Waals surface area contributed by atoms with Gasteiger partial charge in [0.1, 0.15) is 6.54 Å². The Morgan fingerprint density at radius 2 is 1.40 bits per heavy atom. The van der Waals surface area contributed by atoms with Gasteiger partial charge in [0, 0.05) is 46.7 Å². The predicted octanol–water partition coefficient (Wildman–Crippen LogP) is 9.05. The molecule has 0 spiro atoms. The van der Waals surface area contributed by atoms with Crippen molar-refractivity contribution in [3.63, 3.8) is 0 Å². The second kappa shape index (κ2) is 11.7. The molecule has 40 heavy (non-hydrogen) atoms. The molecule has 6 rings (SSSR count). The number of halogens is 4. The van der Waals surface area contributed by atoms with E-state index >= 15 is 0 Å². The Labute approximate surface area is 232 Å². The number of unbranched alkanes of at least 4 members (excludes halogenated alkanes) is 2. The molecule has 0 fully saturated rings. The zero-order valence-electron chi connectivity index (χ0n) is 22.9. The van der Waals surface area contributed by atoms with E-state index < -0.39 is 7.25 Å². The average Bonchev–Trinajstić information content (AvgIpc) is 3.40. The highest BCUT2D eigenvalue weighted by molar-refractivity contribution is 6.50. The molecule has 0 aliphatic carbocycles. The van der Waals surface area contributed by atoms with Crippen molar-refractivity contribution in [2.45, 2.75) is 46.1 Å². The van der Waals surface area contributed by atoms with Gasteiger partial charge < -0.3 is 21.8 Å². The largest absolute Gasteiger partial charge is 0.673 e. The van der Waals surface area contributed by atoms with E-state index in [1.165, 1.54) is 80.4 Å². The highest BCUT2D eigenvalue weighted by atomic mass is 19.5. The third-order valence-electron chi connectivity index (χ3n) is 7.46. The van der Waals surface area contributed by atoms with Gasteiger partial charge in [-0.25, -0.2) is 0 Å². The number of hydrogen-bond donors (Lipinski definition) is 0. The molecule has 7 heteroatoms. The summed E-state index contributed by atoms with van der Waals surface area (Å²) in [5.41, 5.74) is 5.36. The van der Waals surface area contributed by atoms with Crippen molar-refractivity contribution < 1.29 is 21.8 Å². The molecule has 0 unspecified atom stereocenters. The van der Waals surface area contributed by atoms with Gasteiger partial charge >= 0.3 is 7.25 Å². The average molecular weight is 544 g/mol. The van der Waals surface area contributed by atoms with Gasteiger partial charge in [0.15, 0.2) is 0 Å². The van der Waals surface area contributed by atoms with Crippen LogP contribution in [0.2, 0.25) is 0 Å². The maximum Gasteiger partial charge on any atom is 0.673 e. The van der Waals surface area contributed by atoms with Crippen LogP contribution in [0.1, 0.15) is 45.1 Å². The number of aryl methyl sites for hydroxylation is 1. The summed E-state index contributed by atoms with van der Waals surface area (Å²) in [5, 5.41) is 8.10. The molecule has 2 heterocycles. The molecule has 0 amide bonds. The second-order valence-electron chi connectivity index (χ2n) is 10.2. The first-order valence-corrected chi connectivity index (χ1v) is 14.0. The van der Waals surface area contributed by atoms with Crippen LogP contribution in [0, 0.1) is 0 Å². The zero-order valence-corrected chi connectivity index (χ0v) is 22.9. The topological polar surface area (TPSA) is 7.94 Å². The van der Waals surface area contributed by atoms with Crippen molar-refractivity contribution in [2.24, 2.45) is 0 Å². The predicted molar refractivity (Wildman–Crippen MR) is 161 cm³/mol. The molecule has 0 radical (unpaired) electrons. The monoisotopic (exact) mass is 544 g/mol. The van der Waals surface area contributed by atoms with Gasteiger partial charge in [-0.15, -0.1) is 0 Å². The quantitative estimate of drug-likeness (QED) is 0.105. The van der Waals surface area contributed by atoms with Crippen LogP contribution in [0.25, 0.3) is 38.5 Å². The Morgan fingerprint density at radius 3 is 2.10 bits per heavy atom. The number of nitrogens with zero attached hydrogens (tertiary/aromatic N) is 2. The highest BCUT2D eigenvalue weighted by Crippen LogP contribution is 2.35. The Kier molecular flexibility index (Phi) is 8.10. The standard InChI is InChI=1S/C33H33N2.BF4/c1-3-5-22-34-28(26-16-7-12-24-14-9-20-30(34)32(24)26)18-11-19-29-27-17-8-13-25-15-10-21-31(33(25)27)35(29)23-6-4-2;2-1(3,4)5/h7-21H,3-6,22-23H2,1-2H3;/q+1;-1.